The zero-order valence-electron chi connectivity index (χ0n) is 15.0. The molecule has 1 heterocycles. The quantitative estimate of drug-likeness (QED) is 0.613. The first-order chi connectivity index (χ1) is 12.9. The maximum atomic E-state index is 13.0. The predicted molar refractivity (Wildman–Crippen MR) is 108 cm³/mol. The zero-order valence-corrected chi connectivity index (χ0v) is 16.6. The lowest BCUT2D eigenvalue weighted by molar-refractivity contribution is -0.120. The van der Waals surface area contributed by atoms with Crippen molar-refractivity contribution in [2.45, 2.75) is 24.7 Å². The summed E-state index contributed by atoms with van der Waals surface area (Å²) in [4.78, 5) is 11.7. The molecule has 0 bridgehead atoms. The molecule has 0 radical (unpaired) electrons. The molecule has 27 heavy (non-hydrogen) atoms. The van der Waals surface area contributed by atoms with Gasteiger partial charge in [-0.05, 0) is 43.2 Å². The summed E-state index contributed by atoms with van der Waals surface area (Å²) in [7, 11) is -3.66. The third kappa shape index (κ3) is 4.34. The molecule has 0 aliphatic rings. The summed E-state index contributed by atoms with van der Waals surface area (Å²) in [6.07, 6.45) is 2.48. The molecule has 5 nitrogen and oxygen atoms in total. The van der Waals surface area contributed by atoms with Crippen LogP contribution in [0, 0.1) is 6.92 Å². The van der Waals surface area contributed by atoms with Crippen molar-refractivity contribution in [3.63, 3.8) is 0 Å². The minimum atomic E-state index is -3.66. The van der Waals surface area contributed by atoms with Gasteiger partial charge in [-0.2, -0.15) is 0 Å². The molecule has 0 saturated carbocycles. The normalized spacial score (nSPS) is 11.6. The first-order valence-corrected chi connectivity index (χ1v) is 10.6. The number of nitrogens with one attached hydrogen (secondary N) is 1. The molecular weight excluding hydrogens is 384 g/mol. The van der Waals surface area contributed by atoms with Gasteiger partial charge in [-0.25, -0.2) is 12.4 Å². The van der Waals surface area contributed by atoms with Crippen LogP contribution in [0.1, 0.15) is 17.5 Å². The van der Waals surface area contributed by atoms with Crippen LogP contribution in [-0.2, 0) is 21.2 Å². The van der Waals surface area contributed by atoms with E-state index in [4.69, 9.17) is 11.6 Å². The average Bonchev–Trinajstić information content (AvgIpc) is 3.06. The van der Waals surface area contributed by atoms with Gasteiger partial charge in [0.15, 0.2) is 0 Å². The van der Waals surface area contributed by atoms with Crippen LogP contribution in [0.5, 0.6) is 0 Å². The van der Waals surface area contributed by atoms with Gasteiger partial charge in [-0.15, -0.1) is 11.6 Å². The monoisotopic (exact) mass is 404 g/mol. The number of benzene rings is 2. The van der Waals surface area contributed by atoms with Gasteiger partial charge in [0.2, 0.25) is 5.91 Å². The Morgan fingerprint density at radius 3 is 2.56 bits per heavy atom. The summed E-state index contributed by atoms with van der Waals surface area (Å²) >= 11 is 5.54. The number of aromatic nitrogens is 1. The van der Waals surface area contributed by atoms with E-state index in [-0.39, 0.29) is 17.2 Å². The third-order valence-electron chi connectivity index (χ3n) is 4.36. The summed E-state index contributed by atoms with van der Waals surface area (Å²) in [6, 6.07) is 14.3. The van der Waals surface area contributed by atoms with Crippen molar-refractivity contribution in [1.29, 1.82) is 0 Å². The SMILES string of the molecule is Cc1ccc(S(=O)(=O)n2ccc3ccc(CCNC(=O)CCCl)cc32)cc1. The molecule has 7 heteroatoms. The van der Waals surface area contributed by atoms with Crippen LogP contribution in [0.15, 0.2) is 59.6 Å². The van der Waals surface area contributed by atoms with Crippen LogP contribution in [0.3, 0.4) is 0 Å². The molecule has 1 amide bonds. The summed E-state index contributed by atoms with van der Waals surface area (Å²) in [5, 5.41) is 3.65. The number of carbonyl (C=O) groups excluding carboxylic acids is 1. The Morgan fingerprint density at radius 2 is 1.85 bits per heavy atom. The summed E-state index contributed by atoms with van der Waals surface area (Å²) in [5.41, 5.74) is 2.58. The van der Waals surface area contributed by atoms with E-state index in [9.17, 15) is 13.2 Å². The standard InChI is InChI=1S/C20H21ClN2O3S/c1-15-2-6-18(7-3-15)27(25,26)23-13-10-17-5-4-16(14-19(17)23)9-12-22-20(24)8-11-21/h2-7,10,13-14H,8-9,11-12H2,1H3,(H,22,24). The number of aryl methyl sites for hydroxylation is 1. The number of fused-ring (bicyclic) bond motifs is 1. The molecular formula is C20H21ClN2O3S. The third-order valence-corrected chi connectivity index (χ3v) is 6.25. The summed E-state index contributed by atoms with van der Waals surface area (Å²) < 4.78 is 27.3. The number of alkyl halides is 1. The zero-order chi connectivity index (χ0) is 19.4. The van der Waals surface area contributed by atoms with Crippen molar-refractivity contribution in [1.82, 2.24) is 9.29 Å². The number of nitrogens with zero attached hydrogens (tertiary/aromatic N) is 1. The highest BCUT2D eigenvalue weighted by molar-refractivity contribution is 7.90. The van der Waals surface area contributed by atoms with E-state index in [1.807, 2.05) is 25.1 Å². The molecule has 0 unspecified atom stereocenters. The van der Waals surface area contributed by atoms with Gasteiger partial charge in [-0.3, -0.25) is 4.79 Å². The summed E-state index contributed by atoms with van der Waals surface area (Å²) in [6.45, 7) is 2.40. The maximum Gasteiger partial charge on any atom is 0.268 e. The first kappa shape index (κ1) is 19.5. The molecule has 1 aromatic heterocycles. The van der Waals surface area contributed by atoms with Crippen molar-refractivity contribution < 1.29 is 13.2 Å². The first-order valence-electron chi connectivity index (χ1n) is 8.67. The van der Waals surface area contributed by atoms with Crippen LogP contribution in [0.25, 0.3) is 10.9 Å². The molecule has 3 aromatic rings. The second kappa shape index (κ2) is 8.15. The van der Waals surface area contributed by atoms with E-state index >= 15 is 0 Å². The smallest absolute Gasteiger partial charge is 0.268 e. The molecule has 0 fully saturated rings. The molecule has 0 aliphatic heterocycles. The van der Waals surface area contributed by atoms with E-state index in [2.05, 4.69) is 5.32 Å². The predicted octanol–water partition coefficient (Wildman–Crippen LogP) is 3.47. The van der Waals surface area contributed by atoms with Crippen molar-refractivity contribution in [3.05, 3.63) is 65.9 Å². The number of carbonyl (C=O) groups is 1. The molecule has 142 valence electrons. The van der Waals surface area contributed by atoms with Gasteiger partial charge in [0.25, 0.3) is 10.0 Å². The molecule has 3 rings (SSSR count). The van der Waals surface area contributed by atoms with E-state index in [1.54, 1.807) is 36.5 Å². The molecule has 0 spiro atoms. The lowest BCUT2D eigenvalue weighted by atomic mass is 10.1. The van der Waals surface area contributed by atoms with E-state index in [1.165, 1.54) is 3.97 Å². The van der Waals surface area contributed by atoms with Gasteiger partial charge < -0.3 is 5.32 Å². The van der Waals surface area contributed by atoms with E-state index in [0.717, 1.165) is 16.5 Å². The Balaban J connectivity index is 1.87. The number of hydrogen-bond donors (Lipinski definition) is 1. The fourth-order valence-corrected chi connectivity index (χ4v) is 4.38. The van der Waals surface area contributed by atoms with Gasteiger partial charge in [-0.1, -0.05) is 29.8 Å². The van der Waals surface area contributed by atoms with Gasteiger partial charge >= 0.3 is 0 Å². The van der Waals surface area contributed by atoms with Crippen molar-refractivity contribution in [2.75, 3.05) is 12.4 Å². The summed E-state index contributed by atoms with van der Waals surface area (Å²) in [5.74, 6) is 0.207. The molecule has 0 saturated heterocycles. The number of halogens is 1. The van der Waals surface area contributed by atoms with Crippen LogP contribution in [-0.4, -0.2) is 30.7 Å². The molecule has 1 N–H and O–H groups in total. The van der Waals surface area contributed by atoms with Crippen molar-refractivity contribution in [3.8, 4) is 0 Å². The van der Waals surface area contributed by atoms with Crippen LogP contribution in [0.4, 0.5) is 0 Å². The van der Waals surface area contributed by atoms with E-state index < -0.39 is 10.0 Å². The topological polar surface area (TPSA) is 68.2 Å². The van der Waals surface area contributed by atoms with E-state index in [0.29, 0.717) is 24.4 Å². The Labute approximate surface area is 164 Å². The minimum absolute atomic E-state index is 0.0867. The number of amides is 1. The second-order valence-electron chi connectivity index (χ2n) is 6.36. The Hall–Kier alpha value is -2.31. The molecule has 0 aliphatic carbocycles. The van der Waals surface area contributed by atoms with Crippen LogP contribution in [0.2, 0.25) is 0 Å². The lowest BCUT2D eigenvalue weighted by Crippen LogP contribution is -2.25. The van der Waals surface area contributed by atoms with Gasteiger partial charge in [0.1, 0.15) is 0 Å². The Morgan fingerprint density at radius 1 is 1.11 bits per heavy atom. The van der Waals surface area contributed by atoms with Gasteiger partial charge in [0, 0.05) is 30.4 Å². The lowest BCUT2D eigenvalue weighted by Gasteiger charge is -2.09. The fourth-order valence-electron chi connectivity index (χ4n) is 2.86. The minimum Gasteiger partial charge on any atom is -0.356 e. The van der Waals surface area contributed by atoms with Crippen LogP contribution >= 0.6 is 11.6 Å². The number of rotatable bonds is 7. The maximum absolute atomic E-state index is 13.0. The fraction of sp³-hybridized carbons (Fsp3) is 0.250. The second-order valence-corrected chi connectivity index (χ2v) is 8.55. The molecule has 2 aromatic carbocycles. The molecule has 0 atom stereocenters. The Kier molecular flexibility index (Phi) is 5.87. The average molecular weight is 405 g/mol. The Bertz CT molecular complexity index is 1060. The largest absolute Gasteiger partial charge is 0.356 e. The van der Waals surface area contributed by atoms with Gasteiger partial charge in [0.05, 0.1) is 10.4 Å². The highest BCUT2D eigenvalue weighted by atomic mass is 35.5. The highest BCUT2D eigenvalue weighted by Crippen LogP contribution is 2.23. The number of hydrogen-bond acceptors (Lipinski definition) is 3. The highest BCUT2D eigenvalue weighted by Gasteiger charge is 2.18. The van der Waals surface area contributed by atoms with Crippen molar-refractivity contribution in [2.24, 2.45) is 0 Å². The van der Waals surface area contributed by atoms with Crippen molar-refractivity contribution >= 4 is 38.4 Å². The van der Waals surface area contributed by atoms with Crippen LogP contribution < -0.4 is 5.32 Å².